The van der Waals surface area contributed by atoms with Gasteiger partial charge in [0, 0.05) is 36.6 Å². The molecule has 7 rings (SSSR count). The highest BCUT2D eigenvalue weighted by Crippen LogP contribution is 2.49. The summed E-state index contributed by atoms with van der Waals surface area (Å²) in [5.41, 5.74) is 11.0. The van der Waals surface area contributed by atoms with Gasteiger partial charge in [0.25, 0.3) is 0 Å². The SMILES string of the molecule is Cc1ccn2c(C3=CC(c4ccc(N5CCOCC5)cc4)=NC4CC34)c(-c3cccc(C)n3)nc2c1. The lowest BCUT2D eigenvalue weighted by Crippen LogP contribution is -2.36. The molecular formula is C30H29N5O. The van der Waals surface area contributed by atoms with Crippen molar-refractivity contribution in [1.82, 2.24) is 14.4 Å². The van der Waals surface area contributed by atoms with Crippen LogP contribution in [-0.2, 0) is 4.74 Å². The predicted molar refractivity (Wildman–Crippen MR) is 144 cm³/mol. The van der Waals surface area contributed by atoms with Crippen LogP contribution in [0.2, 0.25) is 0 Å². The molecule has 36 heavy (non-hydrogen) atoms. The predicted octanol–water partition coefficient (Wildman–Crippen LogP) is 5.12. The summed E-state index contributed by atoms with van der Waals surface area (Å²) in [7, 11) is 0. The molecule has 180 valence electrons. The van der Waals surface area contributed by atoms with Gasteiger partial charge in [-0.3, -0.25) is 14.4 Å². The van der Waals surface area contributed by atoms with E-state index in [1.807, 2.05) is 13.0 Å². The molecular weight excluding hydrogens is 446 g/mol. The maximum absolute atomic E-state index is 5.51. The van der Waals surface area contributed by atoms with Gasteiger partial charge in [-0.25, -0.2) is 4.98 Å². The summed E-state index contributed by atoms with van der Waals surface area (Å²) in [5.74, 6) is 0.436. The number of rotatable bonds is 4. The molecule has 2 aliphatic heterocycles. The topological polar surface area (TPSA) is 55.0 Å². The van der Waals surface area contributed by atoms with E-state index in [0.717, 1.165) is 72.4 Å². The van der Waals surface area contributed by atoms with E-state index in [4.69, 9.17) is 19.7 Å². The Bertz CT molecular complexity index is 1520. The van der Waals surface area contributed by atoms with Crippen molar-refractivity contribution in [3.63, 3.8) is 0 Å². The van der Waals surface area contributed by atoms with Crippen LogP contribution in [0.5, 0.6) is 0 Å². The lowest BCUT2D eigenvalue weighted by molar-refractivity contribution is 0.122. The van der Waals surface area contributed by atoms with Crippen molar-refractivity contribution in [1.29, 1.82) is 0 Å². The molecule has 1 saturated carbocycles. The number of morpholine rings is 1. The van der Waals surface area contributed by atoms with E-state index >= 15 is 0 Å². The third kappa shape index (κ3) is 3.73. The maximum atomic E-state index is 5.51. The maximum Gasteiger partial charge on any atom is 0.138 e. The molecule has 2 unspecified atom stereocenters. The number of anilines is 1. The van der Waals surface area contributed by atoms with Gasteiger partial charge >= 0.3 is 0 Å². The number of hydrogen-bond donors (Lipinski definition) is 0. The van der Waals surface area contributed by atoms with Crippen LogP contribution in [0, 0.1) is 19.8 Å². The molecule has 2 fully saturated rings. The molecule has 1 saturated heterocycles. The molecule has 0 bridgehead atoms. The van der Waals surface area contributed by atoms with Gasteiger partial charge in [-0.05, 0) is 79.4 Å². The lowest BCUT2D eigenvalue weighted by Gasteiger charge is -2.29. The van der Waals surface area contributed by atoms with Gasteiger partial charge in [0.05, 0.1) is 36.4 Å². The first-order valence-corrected chi connectivity index (χ1v) is 12.8. The highest BCUT2D eigenvalue weighted by molar-refractivity contribution is 6.14. The number of aliphatic imine (C=N–C) groups is 1. The van der Waals surface area contributed by atoms with Gasteiger partial charge in [0.15, 0.2) is 0 Å². The summed E-state index contributed by atoms with van der Waals surface area (Å²) in [6, 6.07) is 19.7. The highest BCUT2D eigenvalue weighted by atomic mass is 16.5. The number of aryl methyl sites for hydroxylation is 2. The summed E-state index contributed by atoms with van der Waals surface area (Å²) in [6.45, 7) is 7.61. The van der Waals surface area contributed by atoms with E-state index in [2.05, 4.69) is 77.0 Å². The van der Waals surface area contributed by atoms with Gasteiger partial charge in [-0.2, -0.15) is 0 Å². The third-order valence-corrected chi connectivity index (χ3v) is 7.48. The Balaban J connectivity index is 1.32. The first kappa shape index (κ1) is 21.5. The zero-order chi connectivity index (χ0) is 24.2. The van der Waals surface area contributed by atoms with Crippen LogP contribution in [0.3, 0.4) is 0 Å². The number of aromatic nitrogens is 3. The Labute approximate surface area is 211 Å². The Morgan fingerprint density at radius 2 is 1.78 bits per heavy atom. The molecule has 0 radical (unpaired) electrons. The number of ether oxygens (including phenoxy) is 1. The van der Waals surface area contributed by atoms with E-state index in [9.17, 15) is 0 Å². The minimum atomic E-state index is 0.341. The van der Waals surface area contributed by atoms with Gasteiger partial charge in [-0.15, -0.1) is 0 Å². The standard InChI is InChI=1S/C30H29N5O/c1-19-10-11-35-28(16-19)33-29(25-5-3-4-20(2)31-25)30(35)24-18-26(32-27-17-23(24)27)21-6-8-22(9-7-21)34-12-14-36-15-13-34/h3-11,16,18,23,27H,12-15,17H2,1-2H3. The van der Waals surface area contributed by atoms with Crippen LogP contribution in [0.25, 0.3) is 22.6 Å². The molecule has 2 atom stereocenters. The van der Waals surface area contributed by atoms with E-state index < -0.39 is 0 Å². The number of nitrogens with zero attached hydrogens (tertiary/aromatic N) is 5. The van der Waals surface area contributed by atoms with Crippen molar-refractivity contribution in [2.24, 2.45) is 10.9 Å². The summed E-state index contributed by atoms with van der Waals surface area (Å²) >= 11 is 0. The van der Waals surface area contributed by atoms with E-state index in [1.165, 1.54) is 16.8 Å². The van der Waals surface area contributed by atoms with Crippen molar-refractivity contribution in [3.8, 4) is 11.4 Å². The van der Waals surface area contributed by atoms with E-state index in [-0.39, 0.29) is 0 Å². The van der Waals surface area contributed by atoms with Gasteiger partial charge < -0.3 is 9.64 Å². The number of benzene rings is 1. The first-order chi connectivity index (χ1) is 17.6. The first-order valence-electron chi connectivity index (χ1n) is 12.8. The second-order valence-electron chi connectivity index (χ2n) is 10.1. The van der Waals surface area contributed by atoms with Crippen LogP contribution >= 0.6 is 0 Å². The minimum Gasteiger partial charge on any atom is -0.378 e. The molecule has 0 N–H and O–H groups in total. The molecule has 3 aromatic heterocycles. The Morgan fingerprint density at radius 3 is 2.58 bits per heavy atom. The van der Waals surface area contributed by atoms with Crippen molar-refractivity contribution >= 4 is 22.6 Å². The summed E-state index contributed by atoms with van der Waals surface area (Å²) in [6.07, 6.45) is 5.52. The number of imidazole rings is 1. The summed E-state index contributed by atoms with van der Waals surface area (Å²) in [4.78, 5) is 17.4. The minimum absolute atomic E-state index is 0.341. The number of hydrogen-bond acceptors (Lipinski definition) is 5. The van der Waals surface area contributed by atoms with Crippen molar-refractivity contribution in [3.05, 3.63) is 89.4 Å². The van der Waals surface area contributed by atoms with Crippen LogP contribution in [0.15, 0.2) is 71.9 Å². The highest BCUT2D eigenvalue weighted by Gasteiger charge is 2.44. The number of pyridine rings is 2. The zero-order valence-electron chi connectivity index (χ0n) is 20.7. The van der Waals surface area contributed by atoms with Crippen LogP contribution in [0.1, 0.15) is 28.9 Å². The monoisotopic (exact) mass is 475 g/mol. The molecule has 6 nitrogen and oxygen atoms in total. The molecule has 0 spiro atoms. The zero-order valence-corrected chi connectivity index (χ0v) is 20.7. The summed E-state index contributed by atoms with van der Waals surface area (Å²) < 4.78 is 7.74. The van der Waals surface area contributed by atoms with E-state index in [0.29, 0.717) is 12.0 Å². The fourth-order valence-electron chi connectivity index (χ4n) is 5.47. The van der Waals surface area contributed by atoms with Gasteiger partial charge in [0.1, 0.15) is 11.3 Å². The lowest BCUT2D eigenvalue weighted by atomic mass is 9.97. The molecule has 1 aliphatic carbocycles. The Kier molecular flexibility index (Phi) is 5.03. The third-order valence-electron chi connectivity index (χ3n) is 7.48. The van der Waals surface area contributed by atoms with Crippen molar-refractivity contribution in [2.75, 3.05) is 31.2 Å². The average molecular weight is 476 g/mol. The molecule has 4 aromatic rings. The molecule has 0 amide bonds. The fraction of sp³-hybridized carbons (Fsp3) is 0.300. The van der Waals surface area contributed by atoms with Gasteiger partial charge in [0.2, 0.25) is 0 Å². The van der Waals surface area contributed by atoms with Crippen LogP contribution < -0.4 is 4.90 Å². The second-order valence-corrected chi connectivity index (χ2v) is 10.1. The fourth-order valence-corrected chi connectivity index (χ4v) is 5.47. The number of dihydropyridines is 1. The average Bonchev–Trinajstić information content (AvgIpc) is 3.61. The quantitative estimate of drug-likeness (QED) is 0.411. The number of fused-ring (bicyclic) bond motifs is 2. The Hall–Kier alpha value is -3.77. The van der Waals surface area contributed by atoms with Crippen LogP contribution in [-0.4, -0.2) is 52.4 Å². The number of allylic oxidation sites excluding steroid dienone is 1. The molecule has 5 heterocycles. The van der Waals surface area contributed by atoms with E-state index in [1.54, 1.807) is 0 Å². The molecule has 3 aliphatic rings. The normalized spacial score (nSPS) is 21.2. The molecule has 6 heteroatoms. The largest absolute Gasteiger partial charge is 0.378 e. The van der Waals surface area contributed by atoms with Crippen molar-refractivity contribution < 1.29 is 4.74 Å². The molecule has 1 aromatic carbocycles. The van der Waals surface area contributed by atoms with Crippen molar-refractivity contribution in [2.45, 2.75) is 26.3 Å². The van der Waals surface area contributed by atoms with Gasteiger partial charge in [-0.1, -0.05) is 18.2 Å². The second kappa shape index (κ2) is 8.42. The Morgan fingerprint density at radius 1 is 0.944 bits per heavy atom. The summed E-state index contributed by atoms with van der Waals surface area (Å²) in [5, 5.41) is 0. The van der Waals surface area contributed by atoms with Crippen LogP contribution in [0.4, 0.5) is 5.69 Å². The smallest absolute Gasteiger partial charge is 0.138 e.